The number of carboxylic acid groups (broad SMARTS) is 2. The zero-order chi connectivity index (χ0) is 42.3. The van der Waals surface area contributed by atoms with Gasteiger partial charge < -0.3 is 21.3 Å². The van der Waals surface area contributed by atoms with Gasteiger partial charge in [-0.15, -0.1) is 11.3 Å². The fourth-order valence-corrected chi connectivity index (χ4v) is 7.16. The smallest absolute Gasteiger partial charge is 0.335 e. The lowest BCUT2D eigenvalue weighted by atomic mass is 9.94. The molecule has 302 valence electrons. The van der Waals surface area contributed by atoms with Crippen molar-refractivity contribution in [3.63, 3.8) is 0 Å². The average molecular weight is 818 g/mol. The number of aromatic carboxylic acids is 2. The molecular weight excluding hydrogens is 775 g/mol. The maximum atomic E-state index is 13.4. The molecule has 0 fully saturated rings. The molecule has 2 atom stereocenters. The number of ketones is 2. The molecule has 60 heavy (non-hydrogen) atoms. The first-order valence-corrected chi connectivity index (χ1v) is 20.1. The summed E-state index contributed by atoms with van der Waals surface area (Å²) in [7, 11) is 0. The summed E-state index contributed by atoms with van der Waals surface area (Å²) in [6.45, 7) is 0.490. The van der Waals surface area contributed by atoms with Crippen LogP contribution < -0.4 is 11.1 Å². The number of hydrogen-bond acceptors (Lipinski definition) is 10. The minimum atomic E-state index is -1.03. The van der Waals surface area contributed by atoms with Crippen LogP contribution >= 0.6 is 11.3 Å². The predicted molar refractivity (Wildman–Crippen MR) is 232 cm³/mol. The van der Waals surface area contributed by atoms with E-state index in [1.165, 1.54) is 17.4 Å². The summed E-state index contributed by atoms with van der Waals surface area (Å²) in [5.41, 5.74) is 15.5. The maximum absolute atomic E-state index is 13.4. The lowest BCUT2D eigenvalue weighted by molar-refractivity contribution is -0.120. The molecule has 4 aromatic carbocycles. The monoisotopic (exact) mass is 817 g/mol. The van der Waals surface area contributed by atoms with E-state index < -0.39 is 24.0 Å². The Morgan fingerprint density at radius 2 is 1.07 bits per heavy atom. The molecule has 3 aromatic heterocycles. The molecule has 0 bridgehead atoms. The Labute approximate surface area is 351 Å². The van der Waals surface area contributed by atoms with Crippen LogP contribution in [0.3, 0.4) is 0 Å². The summed E-state index contributed by atoms with van der Waals surface area (Å²) < 4.78 is 0. The van der Waals surface area contributed by atoms with E-state index in [2.05, 4.69) is 20.3 Å². The van der Waals surface area contributed by atoms with Gasteiger partial charge in [0.2, 0.25) is 0 Å². The average Bonchev–Trinajstić information content (AvgIpc) is 3.80. The van der Waals surface area contributed by atoms with Crippen molar-refractivity contribution >= 4 is 34.8 Å². The topological polar surface area (TPSA) is 185 Å². The van der Waals surface area contributed by atoms with Gasteiger partial charge in [-0.25, -0.2) is 14.6 Å². The summed E-state index contributed by atoms with van der Waals surface area (Å²) in [6, 6.07) is 35.6. The van der Waals surface area contributed by atoms with Gasteiger partial charge in [0, 0.05) is 49.6 Å². The number of Topliss-reactive ketones (excluding diaryl/α,β-unsaturated/α-hetero) is 2. The summed E-state index contributed by atoms with van der Waals surface area (Å²) in [4.78, 5) is 61.4. The summed E-state index contributed by atoms with van der Waals surface area (Å²) in [5, 5.41) is 24.3. The van der Waals surface area contributed by atoms with Crippen LogP contribution in [0.5, 0.6) is 0 Å². The van der Waals surface area contributed by atoms with Gasteiger partial charge in [-0.05, 0) is 106 Å². The third kappa shape index (κ3) is 12.5. The number of carboxylic acids is 2. The molecule has 0 saturated heterocycles. The molecule has 11 nitrogen and oxygen atoms in total. The molecule has 7 rings (SSSR count). The number of nitrogens with one attached hydrogen (secondary N) is 1. The van der Waals surface area contributed by atoms with Crippen molar-refractivity contribution < 1.29 is 29.4 Å². The molecule has 12 heteroatoms. The Morgan fingerprint density at radius 1 is 0.583 bits per heavy atom. The van der Waals surface area contributed by atoms with Gasteiger partial charge in [0.05, 0.1) is 34.4 Å². The zero-order valence-electron chi connectivity index (χ0n) is 32.6. The van der Waals surface area contributed by atoms with Crippen LogP contribution in [0.15, 0.2) is 157 Å². The van der Waals surface area contributed by atoms with Crippen molar-refractivity contribution in [1.82, 2.24) is 20.3 Å². The molecule has 7 aromatic rings. The predicted octanol–water partition coefficient (Wildman–Crippen LogP) is 7.54. The second-order valence-corrected chi connectivity index (χ2v) is 14.8. The number of carbonyl (C=O) groups is 4. The fraction of sp³-hybridized carbons (Fsp3) is 0.146. The third-order valence-electron chi connectivity index (χ3n) is 9.66. The van der Waals surface area contributed by atoms with Crippen molar-refractivity contribution in [2.45, 2.75) is 44.3 Å². The number of nitrogens with two attached hydrogens (primary N) is 1. The molecule has 3 heterocycles. The van der Waals surface area contributed by atoms with E-state index in [0.717, 1.165) is 39.1 Å². The summed E-state index contributed by atoms with van der Waals surface area (Å²) in [6.07, 6.45) is 7.81. The Bertz CT molecular complexity index is 2500. The second kappa shape index (κ2) is 21.1. The van der Waals surface area contributed by atoms with E-state index >= 15 is 0 Å². The molecule has 0 aliphatic rings. The van der Waals surface area contributed by atoms with Crippen molar-refractivity contribution in [3.8, 4) is 22.3 Å². The van der Waals surface area contributed by atoms with Crippen LogP contribution in [0.4, 0.5) is 0 Å². The number of benzene rings is 4. The normalized spacial score (nSPS) is 11.8. The van der Waals surface area contributed by atoms with Gasteiger partial charge in [-0.1, -0.05) is 72.8 Å². The number of rotatable bonds is 17. The van der Waals surface area contributed by atoms with Crippen LogP contribution in [0.2, 0.25) is 0 Å². The van der Waals surface area contributed by atoms with E-state index in [4.69, 9.17) is 5.73 Å². The fourth-order valence-electron chi connectivity index (χ4n) is 6.60. The van der Waals surface area contributed by atoms with Crippen molar-refractivity contribution in [2.75, 3.05) is 0 Å². The van der Waals surface area contributed by atoms with E-state index in [1.807, 2.05) is 90.3 Å². The molecular formula is C48H43N5O6S. The zero-order valence-corrected chi connectivity index (χ0v) is 33.4. The lowest BCUT2D eigenvalue weighted by Gasteiger charge is -2.18. The van der Waals surface area contributed by atoms with Crippen LogP contribution in [0.25, 0.3) is 22.3 Å². The van der Waals surface area contributed by atoms with E-state index in [0.29, 0.717) is 30.5 Å². The highest BCUT2D eigenvalue weighted by molar-refractivity contribution is 7.07. The van der Waals surface area contributed by atoms with Crippen LogP contribution in [-0.2, 0) is 41.8 Å². The van der Waals surface area contributed by atoms with Gasteiger partial charge in [0.1, 0.15) is 0 Å². The molecule has 0 saturated carbocycles. The van der Waals surface area contributed by atoms with Gasteiger partial charge >= 0.3 is 11.9 Å². The first-order chi connectivity index (χ1) is 29.1. The number of nitrogens with zero attached hydrogens (tertiary/aromatic N) is 3. The summed E-state index contributed by atoms with van der Waals surface area (Å²) >= 11 is 1.51. The first-order valence-electron chi connectivity index (χ1n) is 19.2. The number of aromatic nitrogens is 3. The Balaban J connectivity index is 0.000000205. The number of carbonyl (C=O) groups excluding carboxylic acids is 2. The van der Waals surface area contributed by atoms with Crippen LogP contribution in [0.1, 0.15) is 48.7 Å². The first kappa shape index (κ1) is 42.6. The Kier molecular flexibility index (Phi) is 15.0. The Morgan fingerprint density at radius 3 is 1.53 bits per heavy atom. The van der Waals surface area contributed by atoms with Gasteiger partial charge in [-0.3, -0.25) is 19.6 Å². The third-order valence-corrected chi connectivity index (χ3v) is 10.3. The van der Waals surface area contributed by atoms with Crippen molar-refractivity contribution in [2.24, 2.45) is 5.73 Å². The van der Waals surface area contributed by atoms with E-state index in [1.54, 1.807) is 60.6 Å². The standard InChI is InChI=1S/C26H23N3O3S.C22H20N2O3/c30-25(24(12-18-4-2-1-3-5-18)28-15-23-16-33-17-29-23)13-19-10-21(14-22(11-19)26(31)32)20-6-8-27-9-7-20;23-20(12-15-4-2-1-3-5-15)21(25)13-16-10-18(14-19(11-16)22(26)27)17-6-8-24-9-7-17/h1-11,14,16-17,24,28H,12-13,15H2,(H,31,32);1-11,14,20H,12-13,23H2,(H,26,27)/t24-;20-/m00/s1. The Hall–Kier alpha value is -6.99. The minimum Gasteiger partial charge on any atom is -0.478 e. The number of hydrogen-bond donors (Lipinski definition) is 4. The van der Waals surface area contributed by atoms with Crippen molar-refractivity contribution in [3.05, 3.63) is 196 Å². The van der Waals surface area contributed by atoms with Crippen LogP contribution in [-0.4, -0.2) is 60.8 Å². The highest BCUT2D eigenvalue weighted by Crippen LogP contribution is 2.25. The molecule has 0 aliphatic carbocycles. The molecule has 0 amide bonds. The van der Waals surface area contributed by atoms with Crippen molar-refractivity contribution in [1.29, 1.82) is 0 Å². The summed E-state index contributed by atoms with van der Waals surface area (Å²) in [5.74, 6) is -2.19. The molecule has 0 radical (unpaired) electrons. The molecule has 0 spiro atoms. The number of thiazole rings is 1. The molecule has 0 aliphatic heterocycles. The quantitative estimate of drug-likeness (QED) is 0.0712. The molecule has 0 unspecified atom stereocenters. The van der Waals surface area contributed by atoms with Gasteiger partial charge in [0.15, 0.2) is 11.6 Å². The number of pyridine rings is 2. The largest absolute Gasteiger partial charge is 0.478 e. The van der Waals surface area contributed by atoms with Gasteiger partial charge in [-0.2, -0.15) is 0 Å². The lowest BCUT2D eigenvalue weighted by Crippen LogP contribution is -2.39. The van der Waals surface area contributed by atoms with Gasteiger partial charge in [0.25, 0.3) is 0 Å². The molecule has 5 N–H and O–H groups in total. The maximum Gasteiger partial charge on any atom is 0.335 e. The van der Waals surface area contributed by atoms with E-state index in [9.17, 15) is 29.4 Å². The second-order valence-electron chi connectivity index (χ2n) is 14.1. The SMILES string of the molecule is N[C@@H](Cc1ccccc1)C(=O)Cc1cc(C(=O)O)cc(-c2ccncc2)c1.O=C(O)c1cc(CC(=O)[C@H](Cc2ccccc2)NCc2cscn2)cc(-c2ccncc2)c1. The minimum absolute atomic E-state index is 0.00250. The van der Waals surface area contributed by atoms with E-state index in [-0.39, 0.29) is 35.5 Å². The highest BCUT2D eigenvalue weighted by atomic mass is 32.1. The highest BCUT2D eigenvalue weighted by Gasteiger charge is 2.21. The van der Waals surface area contributed by atoms with Crippen LogP contribution in [0, 0.1) is 0 Å².